The van der Waals surface area contributed by atoms with E-state index < -0.39 is 12.0 Å². The van der Waals surface area contributed by atoms with Crippen molar-refractivity contribution in [2.24, 2.45) is 17.8 Å². The van der Waals surface area contributed by atoms with Gasteiger partial charge in [0.25, 0.3) is 0 Å². The SMILES string of the molecule is COc1cc(C2C3C=CC=CC3=CC3C=CC=CC32)nc(C2C(O)=CCCC2O)n1. The second-order valence-electron chi connectivity index (χ2n) is 8.33. The van der Waals surface area contributed by atoms with Gasteiger partial charge in [-0.25, -0.2) is 4.98 Å². The molecule has 0 saturated heterocycles. The average Bonchev–Trinajstić information content (AvgIpc) is 2.77. The van der Waals surface area contributed by atoms with Crippen LogP contribution >= 0.6 is 0 Å². The second kappa shape index (κ2) is 7.73. The highest BCUT2D eigenvalue weighted by molar-refractivity contribution is 5.43. The van der Waals surface area contributed by atoms with Gasteiger partial charge in [0.2, 0.25) is 5.88 Å². The van der Waals surface area contributed by atoms with Crippen LogP contribution in [0.3, 0.4) is 0 Å². The van der Waals surface area contributed by atoms with Gasteiger partial charge in [-0.2, -0.15) is 4.98 Å². The topological polar surface area (TPSA) is 75.5 Å². The van der Waals surface area contributed by atoms with Gasteiger partial charge in [0.1, 0.15) is 17.5 Å². The molecule has 6 unspecified atom stereocenters. The minimum atomic E-state index is -0.709. The zero-order chi connectivity index (χ0) is 20.7. The summed E-state index contributed by atoms with van der Waals surface area (Å²) in [5.74, 6) is 1.29. The largest absolute Gasteiger partial charge is 0.512 e. The molecule has 5 heteroatoms. The Labute approximate surface area is 176 Å². The summed E-state index contributed by atoms with van der Waals surface area (Å²) in [4.78, 5) is 9.42. The highest BCUT2D eigenvalue weighted by Gasteiger charge is 2.40. The Kier molecular flexibility index (Phi) is 4.91. The van der Waals surface area contributed by atoms with Gasteiger partial charge in [-0.1, -0.05) is 54.7 Å². The van der Waals surface area contributed by atoms with E-state index in [4.69, 9.17) is 9.72 Å². The fourth-order valence-corrected chi connectivity index (χ4v) is 5.15. The van der Waals surface area contributed by atoms with Crippen molar-refractivity contribution in [2.75, 3.05) is 7.11 Å². The van der Waals surface area contributed by atoms with Crippen LogP contribution in [0.2, 0.25) is 0 Å². The first kappa shape index (κ1) is 19.1. The molecule has 4 aliphatic carbocycles. The molecule has 0 saturated carbocycles. The van der Waals surface area contributed by atoms with Crippen LogP contribution in [0.1, 0.15) is 36.2 Å². The van der Waals surface area contributed by atoms with E-state index in [2.05, 4.69) is 59.7 Å². The molecule has 0 aromatic carbocycles. The highest BCUT2D eigenvalue weighted by atomic mass is 16.5. The van der Waals surface area contributed by atoms with Gasteiger partial charge in [0.15, 0.2) is 0 Å². The third-order valence-electron chi connectivity index (χ3n) is 6.60. The first-order valence-electron chi connectivity index (χ1n) is 10.6. The molecule has 30 heavy (non-hydrogen) atoms. The van der Waals surface area contributed by atoms with Crippen molar-refractivity contribution in [1.82, 2.24) is 9.97 Å². The van der Waals surface area contributed by atoms with Crippen molar-refractivity contribution in [1.29, 1.82) is 0 Å². The number of nitrogens with zero attached hydrogens (tertiary/aromatic N) is 2. The molecule has 0 aliphatic heterocycles. The second-order valence-corrected chi connectivity index (χ2v) is 8.33. The zero-order valence-electron chi connectivity index (χ0n) is 16.9. The molecule has 0 spiro atoms. The maximum atomic E-state index is 10.6. The lowest BCUT2D eigenvalue weighted by Gasteiger charge is -2.40. The molecule has 0 fully saturated rings. The van der Waals surface area contributed by atoms with Crippen molar-refractivity contribution in [2.45, 2.75) is 30.8 Å². The van der Waals surface area contributed by atoms with E-state index in [0.29, 0.717) is 30.5 Å². The molecule has 1 aromatic heterocycles. The minimum Gasteiger partial charge on any atom is -0.512 e. The summed E-state index contributed by atoms with van der Waals surface area (Å²) in [7, 11) is 1.59. The predicted octanol–water partition coefficient (Wildman–Crippen LogP) is 4.29. The van der Waals surface area contributed by atoms with Crippen molar-refractivity contribution < 1.29 is 14.9 Å². The van der Waals surface area contributed by atoms with Crippen molar-refractivity contribution in [3.05, 3.63) is 89.7 Å². The number of fused-ring (bicyclic) bond motifs is 2. The van der Waals surface area contributed by atoms with Gasteiger partial charge >= 0.3 is 0 Å². The van der Waals surface area contributed by atoms with Crippen LogP contribution in [0.4, 0.5) is 0 Å². The molecule has 2 N–H and O–H groups in total. The highest BCUT2D eigenvalue weighted by Crippen LogP contribution is 2.49. The van der Waals surface area contributed by atoms with Gasteiger partial charge in [-0.05, 0) is 30.4 Å². The van der Waals surface area contributed by atoms with Crippen LogP contribution in [-0.2, 0) is 0 Å². The summed E-state index contributed by atoms with van der Waals surface area (Å²) in [5, 5.41) is 21.0. The molecule has 0 bridgehead atoms. The van der Waals surface area contributed by atoms with E-state index in [-0.39, 0.29) is 23.5 Å². The lowest BCUT2D eigenvalue weighted by atomic mass is 9.64. The Hall–Kier alpha value is -2.92. The molecule has 5 nitrogen and oxygen atoms in total. The molecule has 1 heterocycles. The van der Waals surface area contributed by atoms with Crippen molar-refractivity contribution in [3.63, 3.8) is 0 Å². The van der Waals surface area contributed by atoms with Gasteiger partial charge in [0.05, 0.1) is 18.9 Å². The molecular weight excluding hydrogens is 376 g/mol. The first-order chi connectivity index (χ1) is 14.7. The lowest BCUT2D eigenvalue weighted by molar-refractivity contribution is 0.114. The van der Waals surface area contributed by atoms with Crippen LogP contribution in [0.5, 0.6) is 5.88 Å². The monoisotopic (exact) mass is 402 g/mol. The molecule has 6 atom stereocenters. The number of hydrogen-bond donors (Lipinski definition) is 2. The number of aromatic nitrogens is 2. The number of methoxy groups -OCH3 is 1. The lowest BCUT2D eigenvalue weighted by Crippen LogP contribution is -2.32. The Balaban J connectivity index is 1.63. The number of rotatable bonds is 3. The van der Waals surface area contributed by atoms with Gasteiger partial charge < -0.3 is 14.9 Å². The van der Waals surface area contributed by atoms with E-state index in [9.17, 15) is 10.2 Å². The van der Waals surface area contributed by atoms with E-state index >= 15 is 0 Å². The summed E-state index contributed by atoms with van der Waals surface area (Å²) < 4.78 is 5.51. The Morgan fingerprint density at radius 2 is 1.90 bits per heavy atom. The van der Waals surface area contributed by atoms with Crippen molar-refractivity contribution in [3.8, 4) is 5.88 Å². The van der Waals surface area contributed by atoms with Crippen molar-refractivity contribution >= 4 is 0 Å². The average molecular weight is 402 g/mol. The number of hydrogen-bond acceptors (Lipinski definition) is 5. The summed E-state index contributed by atoms with van der Waals surface area (Å²) in [6.07, 6.45) is 21.9. The van der Waals surface area contributed by atoms with Crippen LogP contribution in [0.25, 0.3) is 0 Å². The van der Waals surface area contributed by atoms with E-state index in [0.717, 1.165) is 5.69 Å². The number of aliphatic hydroxyl groups is 2. The molecule has 4 aliphatic rings. The van der Waals surface area contributed by atoms with E-state index in [1.54, 1.807) is 13.2 Å². The Morgan fingerprint density at radius 1 is 1.07 bits per heavy atom. The Bertz CT molecular complexity index is 1020. The Morgan fingerprint density at radius 3 is 2.73 bits per heavy atom. The summed E-state index contributed by atoms with van der Waals surface area (Å²) in [5.41, 5.74) is 2.18. The smallest absolute Gasteiger partial charge is 0.216 e. The van der Waals surface area contributed by atoms with E-state index in [1.165, 1.54) is 5.57 Å². The van der Waals surface area contributed by atoms with Gasteiger partial charge in [-0.3, -0.25) is 0 Å². The normalized spacial score (nSPS) is 34.1. The maximum Gasteiger partial charge on any atom is 0.216 e. The van der Waals surface area contributed by atoms with Crippen LogP contribution in [-0.4, -0.2) is 33.4 Å². The summed E-state index contributed by atoms with van der Waals surface area (Å²) in [6.45, 7) is 0. The quantitative estimate of drug-likeness (QED) is 0.789. The fourth-order valence-electron chi connectivity index (χ4n) is 5.15. The number of allylic oxidation sites excluding steroid dienone is 11. The molecule has 1 aromatic rings. The molecule has 154 valence electrons. The number of ether oxygens (including phenoxy) is 1. The minimum absolute atomic E-state index is 0.111. The summed E-state index contributed by atoms with van der Waals surface area (Å²) >= 11 is 0. The molecule has 0 radical (unpaired) electrons. The van der Waals surface area contributed by atoms with Gasteiger partial charge in [0, 0.05) is 23.8 Å². The molecule has 0 amide bonds. The molecule has 5 rings (SSSR count). The zero-order valence-corrected chi connectivity index (χ0v) is 16.9. The summed E-state index contributed by atoms with van der Waals surface area (Å²) in [6, 6.07) is 1.91. The third-order valence-corrected chi connectivity index (χ3v) is 6.60. The molecular formula is C25H26N2O3. The fraction of sp³-hybridized carbons (Fsp3) is 0.360. The van der Waals surface area contributed by atoms with Gasteiger partial charge in [-0.15, -0.1) is 0 Å². The third kappa shape index (κ3) is 3.23. The maximum absolute atomic E-state index is 10.6. The predicted molar refractivity (Wildman–Crippen MR) is 115 cm³/mol. The van der Waals surface area contributed by atoms with Crippen LogP contribution in [0, 0.1) is 17.8 Å². The number of aliphatic hydroxyl groups excluding tert-OH is 2. The van der Waals surface area contributed by atoms with Crippen LogP contribution in [0.15, 0.2) is 78.2 Å². The van der Waals surface area contributed by atoms with Crippen LogP contribution < -0.4 is 4.74 Å². The first-order valence-corrected chi connectivity index (χ1v) is 10.6. The van der Waals surface area contributed by atoms with E-state index in [1.807, 2.05) is 6.07 Å². The standard InChI is InChI=1S/C25H26N2O3/c1-30-22-14-19(26-25(27-22)24-20(28)11-6-12-21(24)29)23-17-9-4-2-7-15(17)13-16-8-3-5-10-18(16)23/h2-5,7-11,13-15,17-18,21,23-24,28-29H,6,12H2,1H3.